The fourth-order valence-electron chi connectivity index (χ4n) is 5.54. The summed E-state index contributed by atoms with van der Waals surface area (Å²) in [6, 6.07) is 7.42. The van der Waals surface area contributed by atoms with Gasteiger partial charge in [0.1, 0.15) is 18.8 Å². The van der Waals surface area contributed by atoms with Gasteiger partial charge < -0.3 is 52.1 Å². The Morgan fingerprint density at radius 1 is 0.603 bits per heavy atom. The van der Waals surface area contributed by atoms with Crippen molar-refractivity contribution in [2.75, 3.05) is 13.7 Å². The number of rotatable bonds is 12. The number of hydrogen-bond acceptors (Lipinski definition) is 19. The van der Waals surface area contributed by atoms with E-state index in [0.717, 1.165) is 21.0 Å². The molecule has 352 valence electrons. The number of carbonyl (C=O) groups excluding carboxylic acids is 7. The van der Waals surface area contributed by atoms with Crippen LogP contribution in [0.15, 0.2) is 30.3 Å². The van der Waals surface area contributed by atoms with Crippen molar-refractivity contribution in [1.82, 2.24) is 0 Å². The van der Waals surface area contributed by atoms with Crippen LogP contribution in [0, 0.1) is 21.7 Å². The summed E-state index contributed by atoms with van der Waals surface area (Å²) in [7, 11) is 0.988. The van der Waals surface area contributed by atoms with Crippen LogP contribution < -0.4 is 0 Å². The summed E-state index contributed by atoms with van der Waals surface area (Å²) in [6.07, 6.45) is -19.3. The molecule has 3 rings (SSSR count). The van der Waals surface area contributed by atoms with E-state index < -0.39 is 136 Å². The number of methoxy groups -OCH3 is 1. The van der Waals surface area contributed by atoms with Crippen LogP contribution in [-0.4, -0.2) is 127 Å². The number of halogens is 3. The topological polar surface area (TPSA) is 245 Å². The summed E-state index contributed by atoms with van der Waals surface area (Å²) in [5, 5.41) is 8.38. The van der Waals surface area contributed by atoms with Gasteiger partial charge in [0.05, 0.1) is 28.9 Å². The third-order valence-electron chi connectivity index (χ3n) is 8.87. The van der Waals surface area contributed by atoms with Crippen molar-refractivity contribution in [3.63, 3.8) is 0 Å². The highest BCUT2D eigenvalue weighted by Crippen LogP contribution is 2.39. The lowest BCUT2D eigenvalue weighted by atomic mass is 9.92. The molecule has 2 fully saturated rings. The molecule has 2 heterocycles. The third kappa shape index (κ3) is 14.6. The second kappa shape index (κ2) is 21.1. The molecule has 19 nitrogen and oxygen atoms in total. The first-order valence-corrected chi connectivity index (χ1v) is 20.6. The van der Waals surface area contributed by atoms with Crippen molar-refractivity contribution in [3.05, 3.63) is 35.9 Å². The van der Waals surface area contributed by atoms with Crippen molar-refractivity contribution < 1.29 is 85.7 Å². The van der Waals surface area contributed by atoms with Gasteiger partial charge in [-0.2, -0.15) is 0 Å². The summed E-state index contributed by atoms with van der Waals surface area (Å²) >= 11 is 17.9. The van der Waals surface area contributed by atoms with E-state index in [9.17, 15) is 33.6 Å². The van der Waals surface area contributed by atoms with E-state index in [2.05, 4.69) is 0 Å². The Balaban J connectivity index is 2.43. The first kappa shape index (κ1) is 53.1. The minimum Gasteiger partial charge on any atom is -0.467 e. The number of ether oxygens (including phenoxy) is 11. The SMILES string of the molecule is COC(=O)[C@H]1O[C@@H](O[C@H]2[C@@H](OC(C)=O)[C@@H](COC(C)=O)O[C@H](OC(=N)C(Cl)(Cl)Cl)[C@@H]2OC(=O)c2ccccc2)[C@H](OC(=O)C(C)(C)C)[C@@H](OC(=O)C(C)(C)C)[C@@H]1OC(=O)C(C)(C)C. The number of hydrogen-bond donors (Lipinski definition) is 1. The van der Waals surface area contributed by atoms with Gasteiger partial charge >= 0.3 is 41.8 Å². The summed E-state index contributed by atoms with van der Waals surface area (Å²) in [6.45, 7) is 14.9. The van der Waals surface area contributed by atoms with E-state index in [-0.39, 0.29) is 5.56 Å². The number of alkyl halides is 3. The average molecular weight is 955 g/mol. The quantitative estimate of drug-likeness (QED) is 0.0957. The fourth-order valence-corrected chi connectivity index (χ4v) is 5.67. The second-order valence-corrected chi connectivity index (χ2v) is 19.8. The molecule has 1 aromatic rings. The molecule has 22 heteroatoms. The molecular formula is C41H54Cl3NO18. The molecule has 2 aliphatic heterocycles. The number of esters is 7. The van der Waals surface area contributed by atoms with Gasteiger partial charge in [0.25, 0.3) is 3.79 Å². The van der Waals surface area contributed by atoms with Gasteiger partial charge in [-0.3, -0.25) is 29.4 Å². The Kier molecular flexibility index (Phi) is 17.8. The van der Waals surface area contributed by atoms with Crippen molar-refractivity contribution in [1.29, 1.82) is 5.41 Å². The molecule has 0 amide bonds. The zero-order chi connectivity index (χ0) is 48.0. The van der Waals surface area contributed by atoms with Crippen LogP contribution in [0.25, 0.3) is 0 Å². The molecule has 0 unspecified atom stereocenters. The molecule has 0 bridgehead atoms. The second-order valence-electron chi connectivity index (χ2n) is 17.5. The molecule has 0 aliphatic carbocycles. The Morgan fingerprint density at radius 2 is 1.10 bits per heavy atom. The van der Waals surface area contributed by atoms with Crippen molar-refractivity contribution in [2.24, 2.45) is 16.2 Å². The lowest BCUT2D eigenvalue weighted by Gasteiger charge is -2.49. The van der Waals surface area contributed by atoms with Crippen LogP contribution >= 0.6 is 34.8 Å². The average Bonchev–Trinajstić information content (AvgIpc) is 3.16. The summed E-state index contributed by atoms with van der Waals surface area (Å²) in [5.41, 5.74) is -3.79. The molecule has 10 atom stereocenters. The van der Waals surface area contributed by atoms with Gasteiger partial charge in [-0.05, 0) is 74.4 Å². The fraction of sp³-hybridized carbons (Fsp3) is 0.659. The zero-order valence-electron chi connectivity index (χ0n) is 36.8. The molecule has 0 radical (unpaired) electrons. The smallest absolute Gasteiger partial charge is 0.339 e. The molecular weight excluding hydrogens is 901 g/mol. The third-order valence-corrected chi connectivity index (χ3v) is 9.39. The highest BCUT2D eigenvalue weighted by molar-refractivity contribution is 6.76. The lowest BCUT2D eigenvalue weighted by molar-refractivity contribution is -0.352. The predicted octanol–water partition coefficient (Wildman–Crippen LogP) is 4.95. The van der Waals surface area contributed by atoms with E-state index in [1.807, 2.05) is 0 Å². The van der Waals surface area contributed by atoms with Crippen molar-refractivity contribution >= 4 is 82.5 Å². The summed E-state index contributed by atoms with van der Waals surface area (Å²) < 4.78 is 61.5. The predicted molar refractivity (Wildman–Crippen MR) is 219 cm³/mol. The maximum Gasteiger partial charge on any atom is 0.339 e. The number of benzene rings is 1. The van der Waals surface area contributed by atoms with Crippen LogP contribution in [0.1, 0.15) is 86.5 Å². The van der Waals surface area contributed by atoms with E-state index in [1.165, 1.54) is 86.6 Å². The van der Waals surface area contributed by atoms with Gasteiger partial charge in [0.15, 0.2) is 36.6 Å². The Labute approximate surface area is 379 Å². The van der Waals surface area contributed by atoms with Crippen molar-refractivity contribution in [2.45, 2.75) is 141 Å². The number of nitrogens with one attached hydrogen (secondary N) is 1. The van der Waals surface area contributed by atoms with Crippen LogP contribution in [0.2, 0.25) is 0 Å². The van der Waals surface area contributed by atoms with E-state index in [1.54, 1.807) is 6.07 Å². The van der Waals surface area contributed by atoms with E-state index in [0.29, 0.717) is 0 Å². The molecule has 63 heavy (non-hydrogen) atoms. The highest BCUT2D eigenvalue weighted by atomic mass is 35.6. The minimum atomic E-state index is -2.54. The van der Waals surface area contributed by atoms with Gasteiger partial charge in [0.2, 0.25) is 18.5 Å². The highest BCUT2D eigenvalue weighted by Gasteiger charge is 2.61. The minimum absolute atomic E-state index is 0.0353. The Bertz CT molecular complexity index is 1850. The molecule has 0 aromatic heterocycles. The van der Waals surface area contributed by atoms with Crippen LogP contribution in [0.3, 0.4) is 0 Å². The van der Waals surface area contributed by atoms with Crippen LogP contribution in [0.5, 0.6) is 0 Å². The Hall–Kier alpha value is -4.27. The maximum atomic E-state index is 13.8. The molecule has 1 N–H and O–H groups in total. The zero-order valence-corrected chi connectivity index (χ0v) is 39.1. The lowest BCUT2D eigenvalue weighted by Crippen LogP contribution is -2.68. The van der Waals surface area contributed by atoms with Gasteiger partial charge in [-0.1, -0.05) is 53.0 Å². The molecule has 0 spiro atoms. The number of carbonyl (C=O) groups is 7. The van der Waals surface area contributed by atoms with Crippen LogP contribution in [-0.2, 0) is 80.9 Å². The van der Waals surface area contributed by atoms with Gasteiger partial charge in [-0.25, -0.2) is 9.59 Å². The summed E-state index contributed by atoms with van der Waals surface area (Å²) in [4.78, 5) is 93.6. The summed E-state index contributed by atoms with van der Waals surface area (Å²) in [5.74, 6) is -7.90. The molecule has 0 saturated carbocycles. The maximum absolute atomic E-state index is 13.8. The Morgan fingerprint density at radius 3 is 1.56 bits per heavy atom. The van der Waals surface area contributed by atoms with E-state index >= 15 is 0 Å². The molecule has 2 saturated heterocycles. The normalized spacial score (nSPS) is 26.5. The first-order valence-electron chi connectivity index (χ1n) is 19.4. The van der Waals surface area contributed by atoms with Crippen LogP contribution in [0.4, 0.5) is 0 Å². The first-order chi connectivity index (χ1) is 28.9. The van der Waals surface area contributed by atoms with Gasteiger partial charge in [-0.15, -0.1) is 0 Å². The standard InChI is InChI=1S/C41H54Cl3NO18/c1-19(46)54-18-22-23(55-20(2)47)24(28(32(56-22)63-34(45)41(42,43)44)57-30(48)21-16-14-13-15-17-21)58-33-29(62-37(52)40(9,10)11)26(61-36(51)39(6,7)8)25(27(59-33)31(49)53-12)60-35(50)38(3,4)5/h13-17,22-29,32-33,45H,18H2,1-12H3/t22-,23+,24+,25+,26+,27+,28-,29-,32-,33-/m1/s1. The monoisotopic (exact) mass is 953 g/mol. The molecule has 1 aromatic carbocycles. The van der Waals surface area contributed by atoms with E-state index in [4.69, 9.17) is 92.3 Å². The molecule has 2 aliphatic rings. The largest absolute Gasteiger partial charge is 0.467 e. The van der Waals surface area contributed by atoms with Gasteiger partial charge in [0, 0.05) is 13.8 Å². The van der Waals surface area contributed by atoms with Crippen molar-refractivity contribution in [3.8, 4) is 0 Å².